The molecule has 1 aliphatic heterocycles. The SMILES string of the molecule is CC(C)(C)OC(=O)C(NC1O[C@H](CO)[C@@H](O)[C@H](O)[C@H]1O)c1ccc(O)cc1. The number of esters is 1. The van der Waals surface area contributed by atoms with Gasteiger partial charge in [0.15, 0.2) is 0 Å². The van der Waals surface area contributed by atoms with Gasteiger partial charge in [0.25, 0.3) is 0 Å². The molecule has 1 aromatic carbocycles. The monoisotopic (exact) mass is 385 g/mol. The summed E-state index contributed by atoms with van der Waals surface area (Å²) in [4.78, 5) is 12.7. The van der Waals surface area contributed by atoms with Crippen LogP contribution in [0.2, 0.25) is 0 Å². The zero-order valence-electron chi connectivity index (χ0n) is 15.4. The number of carbonyl (C=O) groups is 1. The number of benzene rings is 1. The van der Waals surface area contributed by atoms with Crippen LogP contribution in [-0.4, -0.2) is 74.4 Å². The normalized spacial score (nSPS) is 30.0. The number of aliphatic hydroxyl groups excluding tert-OH is 4. The molecule has 0 amide bonds. The van der Waals surface area contributed by atoms with E-state index in [2.05, 4.69) is 5.32 Å². The van der Waals surface area contributed by atoms with Gasteiger partial charge in [-0.15, -0.1) is 0 Å². The van der Waals surface area contributed by atoms with Crippen molar-refractivity contribution in [3.05, 3.63) is 29.8 Å². The van der Waals surface area contributed by atoms with Crippen LogP contribution in [0.1, 0.15) is 32.4 Å². The number of rotatable bonds is 5. The second-order valence-electron chi connectivity index (χ2n) is 7.47. The predicted octanol–water partition coefficient (Wildman–Crippen LogP) is -0.835. The van der Waals surface area contributed by atoms with Crippen molar-refractivity contribution in [2.45, 2.75) is 63.1 Å². The first-order valence-electron chi connectivity index (χ1n) is 8.62. The Morgan fingerprint density at radius 2 is 1.74 bits per heavy atom. The summed E-state index contributed by atoms with van der Waals surface area (Å²) in [6.45, 7) is 4.52. The molecule has 1 fully saturated rings. The summed E-state index contributed by atoms with van der Waals surface area (Å²) in [7, 11) is 0. The molecule has 0 aliphatic carbocycles. The maximum atomic E-state index is 12.7. The molecule has 9 nitrogen and oxygen atoms in total. The minimum absolute atomic E-state index is 0.00882. The number of phenolic OH excluding ortho intramolecular Hbond substituents is 1. The Labute approximate surface area is 157 Å². The van der Waals surface area contributed by atoms with Crippen molar-refractivity contribution in [3.8, 4) is 5.75 Å². The molecule has 6 N–H and O–H groups in total. The summed E-state index contributed by atoms with van der Waals surface area (Å²) in [5.41, 5.74) is -0.345. The molecular weight excluding hydrogens is 358 g/mol. The van der Waals surface area contributed by atoms with Gasteiger partial charge in [0.1, 0.15) is 48.0 Å². The Bertz CT molecular complexity index is 627. The van der Waals surface area contributed by atoms with Gasteiger partial charge in [0.2, 0.25) is 0 Å². The molecule has 1 saturated heterocycles. The lowest BCUT2D eigenvalue weighted by molar-refractivity contribution is -0.239. The van der Waals surface area contributed by atoms with E-state index < -0.39 is 54.9 Å². The molecule has 9 heteroatoms. The summed E-state index contributed by atoms with van der Waals surface area (Å²) in [5, 5.41) is 51.6. The van der Waals surface area contributed by atoms with Crippen molar-refractivity contribution in [2.24, 2.45) is 0 Å². The second kappa shape index (κ2) is 8.51. The fourth-order valence-electron chi connectivity index (χ4n) is 2.73. The summed E-state index contributed by atoms with van der Waals surface area (Å²) in [6.07, 6.45) is -7.00. The van der Waals surface area contributed by atoms with E-state index in [1.807, 2.05) is 0 Å². The Morgan fingerprint density at radius 1 is 1.15 bits per heavy atom. The van der Waals surface area contributed by atoms with Crippen LogP contribution in [0.15, 0.2) is 24.3 Å². The van der Waals surface area contributed by atoms with Gasteiger partial charge in [-0.05, 0) is 38.5 Å². The van der Waals surface area contributed by atoms with Gasteiger partial charge in [-0.25, -0.2) is 4.79 Å². The predicted molar refractivity (Wildman–Crippen MR) is 93.6 cm³/mol. The second-order valence-corrected chi connectivity index (χ2v) is 7.47. The van der Waals surface area contributed by atoms with Crippen LogP contribution in [0.5, 0.6) is 5.75 Å². The maximum Gasteiger partial charge on any atom is 0.328 e. The van der Waals surface area contributed by atoms with E-state index in [-0.39, 0.29) is 5.75 Å². The van der Waals surface area contributed by atoms with Crippen molar-refractivity contribution in [2.75, 3.05) is 6.61 Å². The molecule has 27 heavy (non-hydrogen) atoms. The van der Waals surface area contributed by atoms with Crippen molar-refractivity contribution >= 4 is 5.97 Å². The first-order chi connectivity index (χ1) is 12.5. The number of hydrogen-bond donors (Lipinski definition) is 6. The average Bonchev–Trinajstić information content (AvgIpc) is 2.58. The summed E-state index contributed by atoms with van der Waals surface area (Å²) in [5.74, 6) is -0.653. The zero-order valence-corrected chi connectivity index (χ0v) is 15.4. The molecule has 1 aliphatic rings. The number of carbonyl (C=O) groups excluding carboxylic acids is 1. The van der Waals surface area contributed by atoms with Crippen LogP contribution in [0.25, 0.3) is 0 Å². The number of phenols is 1. The lowest BCUT2D eigenvalue weighted by atomic mass is 9.97. The Hall–Kier alpha value is -1.75. The van der Waals surface area contributed by atoms with Crippen LogP contribution >= 0.6 is 0 Å². The topological polar surface area (TPSA) is 149 Å². The van der Waals surface area contributed by atoms with Crippen LogP contribution < -0.4 is 5.32 Å². The van der Waals surface area contributed by atoms with E-state index in [4.69, 9.17) is 9.47 Å². The maximum absolute atomic E-state index is 12.7. The quantitative estimate of drug-likeness (QED) is 0.357. The largest absolute Gasteiger partial charge is 0.508 e. The van der Waals surface area contributed by atoms with Crippen molar-refractivity contribution in [1.82, 2.24) is 5.32 Å². The first kappa shape index (κ1) is 21.5. The number of ether oxygens (including phenoxy) is 2. The number of nitrogens with one attached hydrogen (secondary N) is 1. The molecule has 0 radical (unpaired) electrons. The molecule has 0 spiro atoms. The number of aromatic hydroxyl groups is 1. The van der Waals surface area contributed by atoms with Crippen LogP contribution in [-0.2, 0) is 14.3 Å². The minimum Gasteiger partial charge on any atom is -0.508 e. The van der Waals surface area contributed by atoms with Crippen molar-refractivity contribution in [1.29, 1.82) is 0 Å². The third kappa shape index (κ3) is 5.38. The van der Waals surface area contributed by atoms with E-state index in [1.165, 1.54) is 24.3 Å². The van der Waals surface area contributed by atoms with Gasteiger partial charge in [0, 0.05) is 0 Å². The standard InChI is InChI=1S/C18H27NO8/c1-18(2,3)27-17(25)12(9-4-6-10(21)7-5-9)19-16-15(24)14(23)13(22)11(8-20)26-16/h4-7,11-16,19-24H,8H2,1-3H3/t11-,12?,13-,14+,15-,16?/m1/s1. The van der Waals surface area contributed by atoms with Crippen LogP contribution in [0, 0.1) is 0 Å². The summed E-state index contributed by atoms with van der Waals surface area (Å²) < 4.78 is 10.8. The molecule has 1 aromatic rings. The molecule has 0 bridgehead atoms. The van der Waals surface area contributed by atoms with Gasteiger partial charge in [0.05, 0.1) is 6.61 Å². The van der Waals surface area contributed by atoms with Crippen molar-refractivity contribution in [3.63, 3.8) is 0 Å². The fraction of sp³-hybridized carbons (Fsp3) is 0.611. The molecule has 0 saturated carbocycles. The number of hydrogen-bond acceptors (Lipinski definition) is 9. The third-order valence-electron chi connectivity index (χ3n) is 4.09. The Kier molecular flexibility index (Phi) is 6.79. The molecule has 0 aromatic heterocycles. The smallest absolute Gasteiger partial charge is 0.328 e. The van der Waals surface area contributed by atoms with Gasteiger partial charge in [-0.3, -0.25) is 5.32 Å². The summed E-state index contributed by atoms with van der Waals surface area (Å²) >= 11 is 0. The highest BCUT2D eigenvalue weighted by atomic mass is 16.6. The van der Waals surface area contributed by atoms with Gasteiger partial charge in [-0.1, -0.05) is 12.1 Å². The zero-order chi connectivity index (χ0) is 20.4. The fourth-order valence-corrected chi connectivity index (χ4v) is 2.73. The van der Waals surface area contributed by atoms with E-state index >= 15 is 0 Å². The highest BCUT2D eigenvalue weighted by Crippen LogP contribution is 2.25. The summed E-state index contributed by atoms with van der Waals surface area (Å²) in [6, 6.07) is 4.69. The Balaban J connectivity index is 2.27. The van der Waals surface area contributed by atoms with Crippen LogP contribution in [0.4, 0.5) is 0 Å². The van der Waals surface area contributed by atoms with Gasteiger partial charge >= 0.3 is 5.97 Å². The molecule has 2 unspecified atom stereocenters. The molecule has 2 rings (SSSR count). The first-order valence-corrected chi connectivity index (χ1v) is 8.62. The highest BCUT2D eigenvalue weighted by molar-refractivity contribution is 5.78. The molecule has 152 valence electrons. The van der Waals surface area contributed by atoms with E-state index in [0.29, 0.717) is 5.56 Å². The van der Waals surface area contributed by atoms with E-state index in [1.54, 1.807) is 20.8 Å². The molecule has 6 atom stereocenters. The van der Waals surface area contributed by atoms with E-state index in [0.717, 1.165) is 0 Å². The van der Waals surface area contributed by atoms with E-state index in [9.17, 15) is 30.3 Å². The lowest BCUT2D eigenvalue weighted by Gasteiger charge is -2.41. The van der Waals surface area contributed by atoms with Crippen LogP contribution in [0.3, 0.4) is 0 Å². The Morgan fingerprint density at radius 3 is 2.26 bits per heavy atom. The average molecular weight is 385 g/mol. The van der Waals surface area contributed by atoms with Gasteiger partial charge in [-0.2, -0.15) is 0 Å². The van der Waals surface area contributed by atoms with Gasteiger partial charge < -0.3 is 35.0 Å². The molecular formula is C18H27NO8. The third-order valence-corrected chi connectivity index (χ3v) is 4.09. The minimum atomic E-state index is -1.58. The lowest BCUT2D eigenvalue weighted by Crippen LogP contribution is -2.63. The highest BCUT2D eigenvalue weighted by Gasteiger charge is 2.45. The number of aliphatic hydroxyl groups is 4. The van der Waals surface area contributed by atoms with Crippen molar-refractivity contribution < 1.29 is 39.8 Å². The molecule has 1 heterocycles.